The molecule has 2 aromatic carbocycles. The van der Waals surface area contributed by atoms with Gasteiger partial charge in [0.15, 0.2) is 0 Å². The third-order valence-electron chi connectivity index (χ3n) is 2.71. The molecular weight excluding hydrogens is 251 g/mol. The van der Waals surface area contributed by atoms with Crippen molar-refractivity contribution < 1.29 is 4.39 Å². The van der Waals surface area contributed by atoms with Gasteiger partial charge in [0.2, 0.25) is 0 Å². The molecule has 0 saturated heterocycles. The first-order valence-corrected chi connectivity index (χ1v) is 5.94. The largest absolute Gasteiger partial charge is 0.397 e. The van der Waals surface area contributed by atoms with Crippen LogP contribution < -0.4 is 11.1 Å². The maximum absolute atomic E-state index is 13.0. The van der Waals surface area contributed by atoms with Crippen LogP contribution in [0.4, 0.5) is 21.5 Å². The fraction of sp³-hybridized carbons (Fsp3) is 0.143. The number of nitrogen functional groups attached to an aromatic ring is 1. The van der Waals surface area contributed by atoms with Crippen LogP contribution >= 0.6 is 11.6 Å². The molecule has 94 valence electrons. The van der Waals surface area contributed by atoms with Gasteiger partial charge in [-0.25, -0.2) is 4.39 Å². The van der Waals surface area contributed by atoms with Crippen molar-refractivity contribution in [3.05, 3.63) is 52.3 Å². The van der Waals surface area contributed by atoms with Crippen LogP contribution in [0.2, 0.25) is 5.02 Å². The molecule has 0 aliphatic carbocycles. The van der Waals surface area contributed by atoms with Gasteiger partial charge in [-0.1, -0.05) is 17.7 Å². The molecule has 0 aromatic heterocycles. The maximum Gasteiger partial charge on any atom is 0.125 e. The van der Waals surface area contributed by atoms with Crippen molar-refractivity contribution >= 4 is 28.7 Å². The molecule has 0 radical (unpaired) electrons. The summed E-state index contributed by atoms with van der Waals surface area (Å²) in [5.74, 6) is -0.357. The zero-order valence-corrected chi connectivity index (χ0v) is 11.0. The Morgan fingerprint density at radius 2 is 1.89 bits per heavy atom. The summed E-state index contributed by atoms with van der Waals surface area (Å²) < 4.78 is 13.0. The molecule has 0 amide bonds. The average Bonchev–Trinajstić information content (AvgIpc) is 2.25. The van der Waals surface area contributed by atoms with E-state index in [0.29, 0.717) is 16.4 Å². The minimum absolute atomic E-state index is 0.353. The molecule has 0 fully saturated rings. The summed E-state index contributed by atoms with van der Waals surface area (Å²) in [5, 5.41) is 3.76. The Morgan fingerprint density at radius 3 is 2.50 bits per heavy atom. The van der Waals surface area contributed by atoms with Gasteiger partial charge < -0.3 is 11.1 Å². The van der Waals surface area contributed by atoms with Crippen molar-refractivity contribution in [3.63, 3.8) is 0 Å². The van der Waals surface area contributed by atoms with E-state index in [1.54, 1.807) is 6.07 Å². The van der Waals surface area contributed by atoms with E-state index >= 15 is 0 Å². The monoisotopic (exact) mass is 264 g/mol. The molecule has 0 heterocycles. The summed E-state index contributed by atoms with van der Waals surface area (Å²) in [6, 6.07) is 8.13. The SMILES string of the molecule is Cc1cc(C)c(Nc2ccc(F)cc2N)c(Cl)c1. The molecule has 2 aromatic rings. The van der Waals surface area contributed by atoms with Crippen LogP contribution in [0.5, 0.6) is 0 Å². The van der Waals surface area contributed by atoms with E-state index in [2.05, 4.69) is 5.32 Å². The second-order valence-corrected chi connectivity index (χ2v) is 4.70. The average molecular weight is 265 g/mol. The minimum Gasteiger partial charge on any atom is -0.397 e. The van der Waals surface area contributed by atoms with E-state index in [0.717, 1.165) is 16.8 Å². The van der Waals surface area contributed by atoms with E-state index in [1.807, 2.05) is 26.0 Å². The summed E-state index contributed by atoms with van der Waals surface area (Å²) in [6.07, 6.45) is 0. The van der Waals surface area contributed by atoms with E-state index in [4.69, 9.17) is 17.3 Å². The molecule has 2 nitrogen and oxygen atoms in total. The Hall–Kier alpha value is -1.74. The number of nitrogens with two attached hydrogens (primary N) is 1. The van der Waals surface area contributed by atoms with Crippen LogP contribution in [0.3, 0.4) is 0 Å². The lowest BCUT2D eigenvalue weighted by Crippen LogP contribution is -1.99. The molecule has 0 aliphatic heterocycles. The van der Waals surface area contributed by atoms with E-state index < -0.39 is 0 Å². The Balaban J connectivity index is 2.40. The third kappa shape index (κ3) is 2.57. The number of hydrogen-bond acceptors (Lipinski definition) is 2. The normalized spacial score (nSPS) is 10.4. The van der Waals surface area contributed by atoms with Crippen molar-refractivity contribution in [2.24, 2.45) is 0 Å². The van der Waals surface area contributed by atoms with Crippen LogP contribution in [-0.2, 0) is 0 Å². The smallest absolute Gasteiger partial charge is 0.125 e. The van der Waals surface area contributed by atoms with Gasteiger partial charge in [0.05, 0.1) is 22.1 Å². The van der Waals surface area contributed by atoms with E-state index in [1.165, 1.54) is 12.1 Å². The van der Waals surface area contributed by atoms with Crippen molar-refractivity contribution in [2.45, 2.75) is 13.8 Å². The molecule has 4 heteroatoms. The fourth-order valence-electron chi connectivity index (χ4n) is 1.86. The van der Waals surface area contributed by atoms with Gasteiger partial charge in [-0.15, -0.1) is 0 Å². The van der Waals surface area contributed by atoms with Crippen molar-refractivity contribution in [1.82, 2.24) is 0 Å². The predicted octanol–water partition coefficient (Wildman–Crippen LogP) is 4.42. The Bertz CT molecular complexity index is 573. The van der Waals surface area contributed by atoms with Gasteiger partial charge in [0, 0.05) is 0 Å². The number of benzene rings is 2. The first kappa shape index (κ1) is 12.7. The molecule has 0 atom stereocenters. The zero-order valence-electron chi connectivity index (χ0n) is 10.2. The Labute approximate surface area is 111 Å². The number of halogens is 2. The molecule has 0 bridgehead atoms. The van der Waals surface area contributed by atoms with Crippen LogP contribution in [0.15, 0.2) is 30.3 Å². The van der Waals surface area contributed by atoms with Gasteiger partial charge in [-0.3, -0.25) is 0 Å². The lowest BCUT2D eigenvalue weighted by molar-refractivity contribution is 0.628. The van der Waals surface area contributed by atoms with Crippen LogP contribution in [0, 0.1) is 19.7 Å². The third-order valence-corrected chi connectivity index (χ3v) is 3.00. The minimum atomic E-state index is -0.357. The number of hydrogen-bond donors (Lipinski definition) is 2. The highest BCUT2D eigenvalue weighted by Crippen LogP contribution is 2.32. The lowest BCUT2D eigenvalue weighted by Gasteiger charge is -2.14. The number of anilines is 3. The Morgan fingerprint density at radius 1 is 1.17 bits per heavy atom. The molecule has 2 rings (SSSR count). The Kier molecular flexibility index (Phi) is 3.43. The predicted molar refractivity (Wildman–Crippen MR) is 75.0 cm³/mol. The van der Waals surface area contributed by atoms with Gasteiger partial charge >= 0.3 is 0 Å². The summed E-state index contributed by atoms with van der Waals surface area (Å²) in [6.45, 7) is 3.94. The van der Waals surface area contributed by atoms with Crippen molar-refractivity contribution in [2.75, 3.05) is 11.1 Å². The highest BCUT2D eigenvalue weighted by Gasteiger charge is 2.08. The molecule has 0 spiro atoms. The van der Waals surface area contributed by atoms with Gasteiger partial charge in [-0.05, 0) is 49.2 Å². The lowest BCUT2D eigenvalue weighted by atomic mass is 10.1. The van der Waals surface area contributed by atoms with Crippen molar-refractivity contribution in [3.8, 4) is 0 Å². The van der Waals surface area contributed by atoms with Crippen LogP contribution in [0.1, 0.15) is 11.1 Å². The van der Waals surface area contributed by atoms with Gasteiger partial charge in [0.25, 0.3) is 0 Å². The summed E-state index contributed by atoms with van der Waals surface area (Å²) in [5.41, 5.74) is 9.65. The molecular formula is C14H14ClFN2. The number of nitrogens with one attached hydrogen (secondary N) is 1. The summed E-state index contributed by atoms with van der Waals surface area (Å²) in [4.78, 5) is 0. The quantitative estimate of drug-likeness (QED) is 0.788. The second-order valence-electron chi connectivity index (χ2n) is 4.30. The molecule has 0 unspecified atom stereocenters. The number of aryl methyl sites for hydroxylation is 2. The van der Waals surface area contributed by atoms with Crippen LogP contribution in [-0.4, -0.2) is 0 Å². The second kappa shape index (κ2) is 4.86. The summed E-state index contributed by atoms with van der Waals surface area (Å²) >= 11 is 6.19. The molecule has 0 saturated carbocycles. The molecule has 18 heavy (non-hydrogen) atoms. The van der Waals surface area contributed by atoms with E-state index in [-0.39, 0.29) is 5.82 Å². The first-order valence-electron chi connectivity index (χ1n) is 5.56. The van der Waals surface area contributed by atoms with Crippen LogP contribution in [0.25, 0.3) is 0 Å². The topological polar surface area (TPSA) is 38.0 Å². The zero-order chi connectivity index (χ0) is 13.3. The maximum atomic E-state index is 13.0. The highest BCUT2D eigenvalue weighted by atomic mass is 35.5. The van der Waals surface area contributed by atoms with Gasteiger partial charge in [-0.2, -0.15) is 0 Å². The highest BCUT2D eigenvalue weighted by molar-refractivity contribution is 6.33. The molecule has 0 aliphatic rings. The molecule has 3 N–H and O–H groups in total. The standard InChI is InChI=1S/C14H14ClFN2/c1-8-5-9(2)14(11(15)6-8)18-13-4-3-10(16)7-12(13)17/h3-7,18H,17H2,1-2H3. The summed E-state index contributed by atoms with van der Waals surface area (Å²) in [7, 11) is 0. The first-order chi connectivity index (χ1) is 8.47. The fourth-order valence-corrected chi connectivity index (χ4v) is 2.22. The number of rotatable bonds is 2. The van der Waals surface area contributed by atoms with Gasteiger partial charge in [0.1, 0.15) is 5.82 Å². The van der Waals surface area contributed by atoms with Crippen molar-refractivity contribution in [1.29, 1.82) is 0 Å². The van der Waals surface area contributed by atoms with E-state index in [9.17, 15) is 4.39 Å².